The molecule has 0 atom stereocenters. The van der Waals surface area contributed by atoms with Gasteiger partial charge in [-0.05, 0) is 105 Å². The first kappa shape index (κ1) is 35.6. The maximum Gasteiger partial charge on any atom is 0.0782 e. The molecule has 2 aliphatic carbocycles. The van der Waals surface area contributed by atoms with E-state index in [1.807, 2.05) is 11.3 Å². The molecule has 1 spiro atoms. The van der Waals surface area contributed by atoms with Gasteiger partial charge in [-0.25, -0.2) is 0 Å². The number of nitrogens with zero attached hydrogens (tertiary/aromatic N) is 2. The summed E-state index contributed by atoms with van der Waals surface area (Å²) < 4.78 is 5.12. The van der Waals surface area contributed by atoms with Crippen LogP contribution in [-0.4, -0.2) is 4.57 Å². The second-order valence-electron chi connectivity index (χ2n) is 17.1. The lowest BCUT2D eigenvalue weighted by Crippen LogP contribution is -2.26. The van der Waals surface area contributed by atoms with Crippen LogP contribution in [-0.2, 0) is 5.41 Å². The van der Waals surface area contributed by atoms with E-state index >= 15 is 0 Å². The summed E-state index contributed by atoms with van der Waals surface area (Å²) in [6, 6.07) is 85.8. The van der Waals surface area contributed by atoms with Gasteiger partial charge < -0.3 is 9.47 Å². The molecule has 0 saturated carbocycles. The first-order valence-corrected chi connectivity index (χ1v) is 22.9. The minimum absolute atomic E-state index is 0.461. The molecule has 64 heavy (non-hydrogen) atoms. The van der Waals surface area contributed by atoms with Crippen molar-refractivity contribution >= 4 is 70.4 Å². The second kappa shape index (κ2) is 13.5. The van der Waals surface area contributed by atoms with Gasteiger partial charge in [0.2, 0.25) is 0 Å². The monoisotopic (exact) mass is 830 g/mol. The number of thiophene rings is 1. The van der Waals surface area contributed by atoms with Gasteiger partial charge in [0.1, 0.15) is 0 Å². The normalized spacial score (nSPS) is 13.1. The van der Waals surface area contributed by atoms with E-state index in [9.17, 15) is 0 Å². The van der Waals surface area contributed by atoms with E-state index in [4.69, 9.17) is 0 Å². The number of aromatic nitrogens is 1. The van der Waals surface area contributed by atoms with Crippen molar-refractivity contribution < 1.29 is 0 Å². The maximum atomic E-state index is 2.55. The molecule has 2 heterocycles. The number of hydrogen-bond acceptors (Lipinski definition) is 2. The highest BCUT2D eigenvalue weighted by Crippen LogP contribution is 2.65. The third-order valence-electron chi connectivity index (χ3n) is 14.0. The van der Waals surface area contributed by atoms with Gasteiger partial charge in [0.15, 0.2) is 0 Å². The molecule has 10 aromatic carbocycles. The molecule has 0 radical (unpaired) electrons. The predicted molar refractivity (Wildman–Crippen MR) is 270 cm³/mol. The third kappa shape index (κ3) is 4.79. The molecule has 2 nitrogen and oxygen atoms in total. The van der Waals surface area contributed by atoms with Crippen molar-refractivity contribution in [3.8, 4) is 39.1 Å². The Morgan fingerprint density at radius 3 is 1.69 bits per heavy atom. The zero-order valence-corrected chi connectivity index (χ0v) is 35.6. The maximum absolute atomic E-state index is 2.55. The lowest BCUT2D eigenvalue weighted by Gasteiger charge is -2.32. The number of anilines is 3. The molecule has 298 valence electrons. The second-order valence-corrected chi connectivity index (χ2v) is 18.2. The van der Waals surface area contributed by atoms with E-state index in [2.05, 4.69) is 240 Å². The number of fused-ring (bicyclic) bond motifs is 16. The molecule has 2 aliphatic rings. The van der Waals surface area contributed by atoms with Crippen LogP contribution < -0.4 is 4.90 Å². The van der Waals surface area contributed by atoms with Crippen LogP contribution in [0.5, 0.6) is 0 Å². The van der Waals surface area contributed by atoms with Crippen molar-refractivity contribution in [2.45, 2.75) is 5.41 Å². The van der Waals surface area contributed by atoms with Crippen molar-refractivity contribution in [3.05, 3.63) is 253 Å². The standard InChI is InChI=1S/C61H38N2S/c1-3-17-39(18-4-1)40-33-35-42(36-34-40)62(54-30-16-29-53-59(54)47-24-9-13-28-52(47)61(53)50-26-11-7-21-43(50)44-22-8-12-27-51(44)61)55-31-15-25-46-48-37-49-45-23-10-14-32-57(45)64-58(49)38-56(48)63(60(46)55)41-19-5-2-6-20-41/h1-38H. The van der Waals surface area contributed by atoms with Gasteiger partial charge in [-0.15, -0.1) is 11.3 Å². The molecule has 3 heteroatoms. The Morgan fingerprint density at radius 2 is 0.938 bits per heavy atom. The summed E-state index contributed by atoms with van der Waals surface area (Å²) in [6.07, 6.45) is 0. The summed E-state index contributed by atoms with van der Waals surface area (Å²) in [7, 11) is 0. The third-order valence-corrected chi connectivity index (χ3v) is 15.1. The fourth-order valence-corrected chi connectivity index (χ4v) is 12.6. The van der Waals surface area contributed by atoms with Gasteiger partial charge in [0, 0.05) is 47.9 Å². The highest BCUT2D eigenvalue weighted by atomic mass is 32.1. The molecule has 14 rings (SSSR count). The van der Waals surface area contributed by atoms with Crippen molar-refractivity contribution in [2.75, 3.05) is 4.90 Å². The van der Waals surface area contributed by atoms with Gasteiger partial charge in [-0.1, -0.05) is 176 Å². The van der Waals surface area contributed by atoms with E-state index < -0.39 is 5.41 Å². The summed E-state index contributed by atoms with van der Waals surface area (Å²) in [5, 5.41) is 5.09. The molecular weight excluding hydrogens is 793 g/mol. The molecule has 12 aromatic rings. The fraction of sp³-hybridized carbons (Fsp3) is 0.0164. The highest BCUT2D eigenvalue weighted by Gasteiger charge is 2.52. The summed E-state index contributed by atoms with van der Waals surface area (Å²) >= 11 is 1.88. The van der Waals surface area contributed by atoms with Gasteiger partial charge in [-0.3, -0.25) is 0 Å². The number of hydrogen-bond donors (Lipinski definition) is 0. The van der Waals surface area contributed by atoms with Crippen LogP contribution in [0.15, 0.2) is 231 Å². The quantitative estimate of drug-likeness (QED) is 0.168. The Morgan fingerprint density at radius 1 is 0.375 bits per heavy atom. The van der Waals surface area contributed by atoms with Gasteiger partial charge >= 0.3 is 0 Å². The molecule has 0 saturated heterocycles. The molecule has 2 aromatic heterocycles. The molecule has 0 unspecified atom stereocenters. The lowest BCUT2D eigenvalue weighted by molar-refractivity contribution is 0.794. The summed E-state index contributed by atoms with van der Waals surface area (Å²) in [5.74, 6) is 0. The summed E-state index contributed by atoms with van der Waals surface area (Å²) in [6.45, 7) is 0. The highest BCUT2D eigenvalue weighted by molar-refractivity contribution is 7.25. The molecule has 0 N–H and O–H groups in total. The Balaban J connectivity index is 1.10. The fourth-order valence-electron chi connectivity index (χ4n) is 11.4. The van der Waals surface area contributed by atoms with E-state index in [1.165, 1.54) is 97.6 Å². The average Bonchev–Trinajstić information content (AvgIpc) is 4.08. The molecule has 0 aliphatic heterocycles. The van der Waals surface area contributed by atoms with Crippen LogP contribution in [0, 0.1) is 0 Å². The summed E-state index contributed by atoms with van der Waals surface area (Å²) in [5.41, 5.74) is 19.3. The lowest BCUT2D eigenvalue weighted by atomic mass is 9.70. The molecule has 0 amide bonds. The Bertz CT molecular complexity index is 3790. The molecule has 0 bridgehead atoms. The molecule has 0 fully saturated rings. The zero-order valence-electron chi connectivity index (χ0n) is 34.7. The van der Waals surface area contributed by atoms with Crippen LogP contribution in [0.25, 0.3) is 81.0 Å². The van der Waals surface area contributed by atoms with Gasteiger partial charge in [0.05, 0.1) is 27.8 Å². The average molecular weight is 831 g/mol. The first-order chi connectivity index (χ1) is 31.8. The van der Waals surface area contributed by atoms with Crippen LogP contribution in [0.3, 0.4) is 0 Å². The smallest absolute Gasteiger partial charge is 0.0782 e. The minimum Gasteiger partial charge on any atom is -0.308 e. The van der Waals surface area contributed by atoms with E-state index in [0.717, 1.165) is 22.7 Å². The van der Waals surface area contributed by atoms with Crippen molar-refractivity contribution in [1.29, 1.82) is 0 Å². The largest absolute Gasteiger partial charge is 0.308 e. The molecular formula is C61H38N2S. The zero-order chi connectivity index (χ0) is 41.9. The first-order valence-electron chi connectivity index (χ1n) is 22.1. The van der Waals surface area contributed by atoms with Gasteiger partial charge in [-0.2, -0.15) is 0 Å². The number of rotatable bonds is 5. The predicted octanol–water partition coefficient (Wildman–Crippen LogP) is 16.6. The topological polar surface area (TPSA) is 8.17 Å². The Kier molecular flexibility index (Phi) is 7.51. The van der Waals surface area contributed by atoms with Crippen molar-refractivity contribution in [2.24, 2.45) is 0 Å². The van der Waals surface area contributed by atoms with E-state index in [-0.39, 0.29) is 0 Å². The van der Waals surface area contributed by atoms with E-state index in [0.29, 0.717) is 0 Å². The Labute approximate surface area is 375 Å². The number of benzene rings is 10. The van der Waals surface area contributed by atoms with Crippen LogP contribution in [0.1, 0.15) is 22.3 Å². The van der Waals surface area contributed by atoms with Crippen LogP contribution >= 0.6 is 11.3 Å². The van der Waals surface area contributed by atoms with Crippen molar-refractivity contribution in [3.63, 3.8) is 0 Å². The number of para-hydroxylation sites is 2. The van der Waals surface area contributed by atoms with Gasteiger partial charge in [0.25, 0.3) is 0 Å². The van der Waals surface area contributed by atoms with Crippen LogP contribution in [0.2, 0.25) is 0 Å². The minimum atomic E-state index is -0.461. The summed E-state index contributed by atoms with van der Waals surface area (Å²) in [4.78, 5) is 2.55. The Hall–Kier alpha value is -7.98. The van der Waals surface area contributed by atoms with Crippen LogP contribution in [0.4, 0.5) is 17.1 Å². The SMILES string of the molecule is c1ccc(-c2ccc(N(c3cccc4c3-c3ccccc3C43c4ccccc4-c4ccccc43)c3cccc4c5cc6c(cc5n(-c5ccccc5)c34)sc3ccccc36)cc2)cc1. The van der Waals surface area contributed by atoms with Crippen molar-refractivity contribution in [1.82, 2.24) is 4.57 Å². The van der Waals surface area contributed by atoms with E-state index in [1.54, 1.807) is 0 Å².